The van der Waals surface area contributed by atoms with Crippen LogP contribution in [-0.4, -0.2) is 64.3 Å². The molecule has 4 amide bonds. The summed E-state index contributed by atoms with van der Waals surface area (Å²) in [5, 5.41) is 6.66. The van der Waals surface area contributed by atoms with Crippen molar-refractivity contribution in [1.82, 2.24) is 15.7 Å². The van der Waals surface area contributed by atoms with E-state index in [0.29, 0.717) is 36.1 Å². The number of rotatable bonds is 12. The molecule has 4 N–H and O–H groups in total. The van der Waals surface area contributed by atoms with Gasteiger partial charge < -0.3 is 21.2 Å². The summed E-state index contributed by atoms with van der Waals surface area (Å²) >= 11 is 1.82. The Morgan fingerprint density at radius 2 is 1.84 bits per heavy atom. The maximum Gasteiger partial charge on any atom is 0.343 e. The number of nitrogens with one attached hydrogen (secondary N) is 2. The van der Waals surface area contributed by atoms with Crippen molar-refractivity contribution in [1.29, 1.82) is 0 Å². The van der Waals surface area contributed by atoms with Crippen molar-refractivity contribution in [3.63, 3.8) is 0 Å². The van der Waals surface area contributed by atoms with Gasteiger partial charge in [-0.2, -0.15) is 11.8 Å². The molecule has 0 radical (unpaired) electrons. The first-order chi connectivity index (χ1) is 14.9. The summed E-state index contributed by atoms with van der Waals surface area (Å²) in [4.78, 5) is 65.1. The lowest BCUT2D eigenvalue weighted by Gasteiger charge is -2.19. The quantitative estimate of drug-likeness (QED) is 0.168. The number of urea groups is 1. The van der Waals surface area contributed by atoms with Crippen LogP contribution in [0.5, 0.6) is 0 Å². The Morgan fingerprint density at radius 3 is 2.55 bits per heavy atom. The van der Waals surface area contributed by atoms with E-state index in [2.05, 4.69) is 10.6 Å². The van der Waals surface area contributed by atoms with E-state index >= 15 is 0 Å². The highest BCUT2D eigenvalue weighted by Crippen LogP contribution is 2.33. The fourth-order valence-corrected chi connectivity index (χ4v) is 5.72. The van der Waals surface area contributed by atoms with Crippen LogP contribution in [0.1, 0.15) is 57.8 Å². The minimum atomic E-state index is -1.00. The Labute approximate surface area is 185 Å². The van der Waals surface area contributed by atoms with Crippen molar-refractivity contribution < 1.29 is 28.8 Å². The Morgan fingerprint density at radius 1 is 1.10 bits per heavy atom. The molecule has 0 aromatic heterocycles. The van der Waals surface area contributed by atoms with Gasteiger partial charge in [-0.1, -0.05) is 12.8 Å². The molecule has 3 heterocycles. The second-order valence-electron chi connectivity index (χ2n) is 8.16. The average molecular weight is 455 g/mol. The summed E-state index contributed by atoms with van der Waals surface area (Å²) in [5.41, 5.74) is 5.51. The number of fused-ring (bicyclic) bond motifs is 1. The molecule has 0 aromatic rings. The van der Waals surface area contributed by atoms with Gasteiger partial charge in [-0.3, -0.25) is 14.4 Å². The Bertz CT molecular complexity index is 716. The molecule has 10 nitrogen and oxygen atoms in total. The van der Waals surface area contributed by atoms with Gasteiger partial charge >= 0.3 is 12.0 Å². The third-order valence-corrected chi connectivity index (χ3v) is 7.42. The highest BCUT2D eigenvalue weighted by Gasteiger charge is 2.42. The molecule has 3 aliphatic heterocycles. The smallest absolute Gasteiger partial charge is 0.332 e. The van der Waals surface area contributed by atoms with Crippen LogP contribution in [0.2, 0.25) is 0 Å². The van der Waals surface area contributed by atoms with Crippen molar-refractivity contribution in [2.24, 2.45) is 11.7 Å². The zero-order chi connectivity index (χ0) is 22.4. The molecule has 0 aliphatic carbocycles. The number of hydrogen-bond donors (Lipinski definition) is 3. The highest BCUT2D eigenvalue weighted by molar-refractivity contribution is 8.00. The number of hydroxylamine groups is 2. The van der Waals surface area contributed by atoms with E-state index in [4.69, 9.17) is 10.6 Å². The van der Waals surface area contributed by atoms with E-state index in [1.165, 1.54) is 0 Å². The minimum Gasteiger partial charge on any atom is -0.332 e. The molecule has 4 atom stereocenters. The third-order valence-electron chi connectivity index (χ3n) is 5.91. The minimum absolute atomic E-state index is 0.00883. The molecular formula is C20H30N4O6S. The van der Waals surface area contributed by atoms with E-state index in [1.807, 2.05) is 11.8 Å². The van der Waals surface area contributed by atoms with E-state index in [9.17, 15) is 24.0 Å². The lowest BCUT2D eigenvalue weighted by Crippen LogP contribution is -2.37. The van der Waals surface area contributed by atoms with Crippen LogP contribution in [0.15, 0.2) is 0 Å². The van der Waals surface area contributed by atoms with Crippen molar-refractivity contribution in [2.45, 2.75) is 75.1 Å². The number of carbonyl (C=O) groups is 5. The number of nitrogens with two attached hydrogens (primary N) is 1. The molecule has 3 aliphatic rings. The fraction of sp³-hybridized carbons (Fsp3) is 0.750. The largest absolute Gasteiger partial charge is 0.343 e. The number of hydrogen-bond acceptors (Lipinski definition) is 8. The van der Waals surface area contributed by atoms with Gasteiger partial charge in [0.2, 0.25) is 0 Å². The van der Waals surface area contributed by atoms with Gasteiger partial charge in [0.1, 0.15) is 11.7 Å². The zero-order valence-corrected chi connectivity index (χ0v) is 18.3. The van der Waals surface area contributed by atoms with Crippen LogP contribution >= 0.6 is 11.8 Å². The third kappa shape index (κ3) is 5.97. The standard InChI is InChI=1S/C20H30N4O6S/c21-10-4-3-5-12(19(28)30-24-16(26)8-9-17(24)27)14(25)6-1-2-7-15-18-13(11-31-15)22-20(29)23-18/h12-13,15,18H,1-11,21H2,(H2,22,23,29)/t12?,13-,15-,18-/m0/s1. The molecule has 3 rings (SSSR count). The molecule has 172 valence electrons. The van der Waals surface area contributed by atoms with Crippen LogP contribution < -0.4 is 16.4 Å². The molecular weight excluding hydrogens is 424 g/mol. The number of ketones is 1. The number of carbonyl (C=O) groups excluding carboxylic acids is 5. The average Bonchev–Trinajstić information content (AvgIpc) is 3.38. The molecule has 31 heavy (non-hydrogen) atoms. The normalized spacial score (nSPS) is 25.9. The molecule has 0 spiro atoms. The summed E-state index contributed by atoms with van der Waals surface area (Å²) in [6, 6.07) is 0.175. The van der Waals surface area contributed by atoms with Crippen LogP contribution in [0.4, 0.5) is 4.79 Å². The van der Waals surface area contributed by atoms with Crippen molar-refractivity contribution in [3.8, 4) is 0 Å². The fourth-order valence-electron chi connectivity index (χ4n) is 4.18. The van der Waals surface area contributed by atoms with Gasteiger partial charge in [0, 0.05) is 30.3 Å². The molecule has 3 fully saturated rings. The van der Waals surface area contributed by atoms with E-state index < -0.39 is 23.7 Å². The summed E-state index contributed by atoms with van der Waals surface area (Å²) < 4.78 is 0. The molecule has 0 saturated carbocycles. The van der Waals surface area contributed by atoms with Gasteiger partial charge in [-0.05, 0) is 32.2 Å². The highest BCUT2D eigenvalue weighted by atomic mass is 32.2. The summed E-state index contributed by atoms with van der Waals surface area (Å²) in [7, 11) is 0. The lowest BCUT2D eigenvalue weighted by atomic mass is 9.93. The summed E-state index contributed by atoms with van der Waals surface area (Å²) in [5.74, 6) is -2.33. The second kappa shape index (κ2) is 10.9. The van der Waals surface area contributed by atoms with Crippen LogP contribution in [0, 0.1) is 5.92 Å². The Balaban J connectivity index is 1.46. The number of thioether (sulfide) groups is 1. The number of unbranched alkanes of at least 4 members (excludes halogenated alkanes) is 2. The second-order valence-corrected chi connectivity index (χ2v) is 9.44. The SMILES string of the molecule is NCCCCC(C(=O)CCCC[C@@H]1SC[C@@H]2NC(=O)N[C@@H]21)C(=O)ON1C(=O)CCC1=O. The first-order valence-electron chi connectivity index (χ1n) is 10.9. The van der Waals surface area contributed by atoms with Gasteiger partial charge in [0.25, 0.3) is 11.8 Å². The van der Waals surface area contributed by atoms with Gasteiger partial charge in [0.15, 0.2) is 0 Å². The molecule has 0 aromatic carbocycles. The van der Waals surface area contributed by atoms with Crippen LogP contribution in [-0.2, 0) is 24.0 Å². The lowest BCUT2D eigenvalue weighted by molar-refractivity contribution is -0.201. The molecule has 0 bridgehead atoms. The van der Waals surface area contributed by atoms with Crippen LogP contribution in [0.3, 0.4) is 0 Å². The molecule has 1 unspecified atom stereocenters. The van der Waals surface area contributed by atoms with E-state index in [1.54, 1.807) is 0 Å². The first-order valence-corrected chi connectivity index (χ1v) is 11.9. The predicted molar refractivity (Wildman–Crippen MR) is 113 cm³/mol. The van der Waals surface area contributed by atoms with Gasteiger partial charge in [0.05, 0.1) is 12.1 Å². The van der Waals surface area contributed by atoms with Crippen molar-refractivity contribution in [3.05, 3.63) is 0 Å². The molecule has 3 saturated heterocycles. The zero-order valence-electron chi connectivity index (χ0n) is 17.5. The monoisotopic (exact) mass is 454 g/mol. The van der Waals surface area contributed by atoms with Crippen LogP contribution in [0.25, 0.3) is 0 Å². The number of nitrogens with zero attached hydrogens (tertiary/aromatic N) is 1. The van der Waals surface area contributed by atoms with E-state index in [0.717, 1.165) is 18.6 Å². The number of Topliss-reactive ketones (excluding diaryl/α,β-unsaturated/α-hetero) is 1. The summed E-state index contributed by atoms with van der Waals surface area (Å²) in [6.07, 6.45) is 4.07. The van der Waals surface area contributed by atoms with Crippen molar-refractivity contribution >= 4 is 41.4 Å². The number of amides is 4. The van der Waals surface area contributed by atoms with Crippen molar-refractivity contribution in [2.75, 3.05) is 12.3 Å². The maximum absolute atomic E-state index is 12.7. The Kier molecular flexibility index (Phi) is 8.30. The Hall–Kier alpha value is -2.14. The maximum atomic E-state index is 12.7. The predicted octanol–water partition coefficient (Wildman–Crippen LogP) is 0.634. The first kappa shape index (κ1) is 23.5. The topological polar surface area (TPSA) is 148 Å². The number of imide groups is 1. The van der Waals surface area contributed by atoms with Gasteiger partial charge in [-0.25, -0.2) is 9.59 Å². The van der Waals surface area contributed by atoms with Gasteiger partial charge in [-0.15, -0.1) is 5.06 Å². The van der Waals surface area contributed by atoms with E-state index in [-0.39, 0.29) is 49.6 Å². The summed E-state index contributed by atoms with van der Waals surface area (Å²) in [6.45, 7) is 0.450. The molecule has 11 heteroatoms.